The van der Waals surface area contributed by atoms with Crippen LogP contribution in [0.15, 0.2) is 23.1 Å². The fourth-order valence-corrected chi connectivity index (χ4v) is 2.71. The highest BCUT2D eigenvalue weighted by Gasteiger charge is 2.22. The third kappa shape index (κ3) is 3.30. The van der Waals surface area contributed by atoms with E-state index in [2.05, 4.69) is 0 Å². The maximum atomic E-state index is 13.3. The zero-order valence-corrected chi connectivity index (χ0v) is 11.0. The second-order valence-corrected chi connectivity index (χ2v) is 6.03. The molecule has 19 heavy (non-hydrogen) atoms. The number of hydrogen-bond acceptors (Lipinski definition) is 4. The van der Waals surface area contributed by atoms with Gasteiger partial charge in [-0.25, -0.2) is 22.7 Å². The average Bonchev–Trinajstić information content (AvgIpc) is 2.80. The maximum Gasteiger partial charge on any atom is 0.338 e. The van der Waals surface area contributed by atoms with Crippen LogP contribution < -0.4 is 5.14 Å². The molecule has 2 rings (SSSR count). The molecule has 0 saturated heterocycles. The molecule has 7 heteroatoms. The first-order valence-corrected chi connectivity index (χ1v) is 7.46. The summed E-state index contributed by atoms with van der Waals surface area (Å²) < 4.78 is 40.8. The molecule has 0 unspecified atom stereocenters. The van der Waals surface area contributed by atoms with Crippen LogP contribution in [0.25, 0.3) is 0 Å². The number of sulfonamides is 1. The van der Waals surface area contributed by atoms with Crippen molar-refractivity contribution in [3.63, 3.8) is 0 Å². The molecule has 0 aliphatic heterocycles. The quantitative estimate of drug-likeness (QED) is 0.855. The van der Waals surface area contributed by atoms with Gasteiger partial charge in [0.15, 0.2) is 0 Å². The second kappa shape index (κ2) is 5.26. The van der Waals surface area contributed by atoms with Gasteiger partial charge in [-0.3, -0.25) is 0 Å². The first-order valence-electron chi connectivity index (χ1n) is 5.91. The van der Waals surface area contributed by atoms with Gasteiger partial charge in [0.2, 0.25) is 10.0 Å². The molecular weight excluding hydrogens is 273 g/mol. The molecule has 1 aliphatic rings. The van der Waals surface area contributed by atoms with Crippen molar-refractivity contribution in [3.8, 4) is 0 Å². The Kier molecular flexibility index (Phi) is 3.86. The van der Waals surface area contributed by atoms with Crippen LogP contribution in [0.2, 0.25) is 0 Å². The Hall–Kier alpha value is -1.47. The molecule has 0 bridgehead atoms. The molecule has 0 atom stereocenters. The van der Waals surface area contributed by atoms with E-state index < -0.39 is 26.7 Å². The number of hydrogen-bond donors (Lipinski definition) is 1. The summed E-state index contributed by atoms with van der Waals surface area (Å²) in [5.74, 6) is -1.64. The fraction of sp³-hybridized carbons (Fsp3) is 0.417. The van der Waals surface area contributed by atoms with Crippen LogP contribution in [0.4, 0.5) is 4.39 Å². The van der Waals surface area contributed by atoms with Gasteiger partial charge < -0.3 is 4.74 Å². The van der Waals surface area contributed by atoms with Crippen molar-refractivity contribution >= 4 is 16.0 Å². The molecule has 1 aromatic carbocycles. The van der Waals surface area contributed by atoms with E-state index in [0.29, 0.717) is 0 Å². The third-order valence-corrected chi connectivity index (χ3v) is 3.98. The van der Waals surface area contributed by atoms with Crippen LogP contribution in [0.5, 0.6) is 0 Å². The number of halogens is 1. The number of benzene rings is 1. The van der Waals surface area contributed by atoms with Crippen molar-refractivity contribution in [3.05, 3.63) is 29.6 Å². The van der Waals surface area contributed by atoms with Crippen molar-refractivity contribution < 1.29 is 22.3 Å². The van der Waals surface area contributed by atoms with Crippen molar-refractivity contribution in [1.29, 1.82) is 0 Å². The monoisotopic (exact) mass is 287 g/mol. The Morgan fingerprint density at radius 1 is 1.32 bits per heavy atom. The predicted molar refractivity (Wildman–Crippen MR) is 65.4 cm³/mol. The SMILES string of the molecule is NS(=O)(=O)c1cc(C(=O)OC2CCCC2)ccc1F. The van der Waals surface area contributed by atoms with E-state index in [0.717, 1.165) is 37.8 Å². The number of carbonyl (C=O) groups excluding carboxylic acids is 1. The number of rotatable bonds is 3. The van der Waals surface area contributed by atoms with E-state index in [1.165, 1.54) is 6.07 Å². The van der Waals surface area contributed by atoms with Gasteiger partial charge in [0, 0.05) is 0 Å². The molecule has 0 heterocycles. The number of esters is 1. The predicted octanol–water partition coefficient (Wildman–Crippen LogP) is 1.57. The van der Waals surface area contributed by atoms with Crippen LogP contribution in [0.3, 0.4) is 0 Å². The zero-order chi connectivity index (χ0) is 14.0. The van der Waals surface area contributed by atoms with E-state index in [4.69, 9.17) is 9.88 Å². The molecule has 0 amide bonds. The summed E-state index contributed by atoms with van der Waals surface area (Å²) in [7, 11) is -4.20. The Morgan fingerprint density at radius 3 is 2.53 bits per heavy atom. The number of primary sulfonamides is 1. The molecule has 1 fully saturated rings. The van der Waals surface area contributed by atoms with Crippen molar-refractivity contribution in [1.82, 2.24) is 0 Å². The fourth-order valence-electron chi connectivity index (χ4n) is 2.07. The lowest BCUT2D eigenvalue weighted by molar-refractivity contribution is 0.0317. The minimum Gasteiger partial charge on any atom is -0.459 e. The second-order valence-electron chi connectivity index (χ2n) is 4.50. The normalized spacial score (nSPS) is 16.5. The molecule has 1 aromatic rings. The molecule has 0 radical (unpaired) electrons. The summed E-state index contributed by atoms with van der Waals surface area (Å²) >= 11 is 0. The highest BCUT2D eigenvalue weighted by atomic mass is 32.2. The van der Waals surface area contributed by atoms with E-state index in [1.54, 1.807) is 0 Å². The molecule has 0 spiro atoms. The Balaban J connectivity index is 2.23. The van der Waals surface area contributed by atoms with Gasteiger partial charge >= 0.3 is 5.97 Å². The lowest BCUT2D eigenvalue weighted by Gasteiger charge is -2.11. The first kappa shape index (κ1) is 14.0. The van der Waals surface area contributed by atoms with Crippen LogP contribution >= 0.6 is 0 Å². The number of ether oxygens (including phenoxy) is 1. The Bertz CT molecular complexity index is 594. The number of nitrogens with two attached hydrogens (primary N) is 1. The maximum absolute atomic E-state index is 13.3. The van der Waals surface area contributed by atoms with E-state index in [-0.39, 0.29) is 11.7 Å². The van der Waals surface area contributed by atoms with E-state index in [9.17, 15) is 17.6 Å². The highest BCUT2D eigenvalue weighted by molar-refractivity contribution is 7.89. The van der Waals surface area contributed by atoms with Crippen molar-refractivity contribution in [2.75, 3.05) is 0 Å². The van der Waals surface area contributed by atoms with Crippen LogP contribution in [-0.4, -0.2) is 20.5 Å². The largest absolute Gasteiger partial charge is 0.459 e. The van der Waals surface area contributed by atoms with Gasteiger partial charge in [-0.05, 0) is 43.9 Å². The smallest absolute Gasteiger partial charge is 0.338 e. The minimum atomic E-state index is -4.20. The molecule has 5 nitrogen and oxygen atoms in total. The Morgan fingerprint density at radius 2 is 1.95 bits per heavy atom. The molecular formula is C12H14FNO4S. The van der Waals surface area contributed by atoms with Gasteiger partial charge in [-0.15, -0.1) is 0 Å². The topological polar surface area (TPSA) is 86.5 Å². The summed E-state index contributed by atoms with van der Waals surface area (Å²) in [5, 5.41) is 4.87. The highest BCUT2D eigenvalue weighted by Crippen LogP contribution is 2.23. The summed E-state index contributed by atoms with van der Waals surface area (Å²) in [6, 6.07) is 2.98. The van der Waals surface area contributed by atoms with Gasteiger partial charge in [0.25, 0.3) is 0 Å². The summed E-state index contributed by atoms with van der Waals surface area (Å²) in [6.07, 6.45) is 3.47. The lowest BCUT2D eigenvalue weighted by Crippen LogP contribution is -2.17. The van der Waals surface area contributed by atoms with Crippen LogP contribution in [0.1, 0.15) is 36.0 Å². The molecule has 104 valence electrons. The summed E-state index contributed by atoms with van der Waals surface area (Å²) in [5.41, 5.74) is -0.0164. The van der Waals surface area contributed by atoms with Gasteiger partial charge in [-0.2, -0.15) is 0 Å². The van der Waals surface area contributed by atoms with Crippen molar-refractivity contribution in [2.24, 2.45) is 5.14 Å². The standard InChI is InChI=1S/C12H14FNO4S/c13-10-6-5-8(7-11(10)19(14,16)17)12(15)18-9-3-1-2-4-9/h5-7,9H,1-4H2,(H2,14,16,17). The van der Waals surface area contributed by atoms with E-state index in [1.807, 2.05) is 0 Å². The summed E-state index contributed by atoms with van der Waals surface area (Å²) in [4.78, 5) is 11.1. The summed E-state index contributed by atoms with van der Waals surface area (Å²) in [6.45, 7) is 0. The van der Waals surface area contributed by atoms with Crippen LogP contribution in [0, 0.1) is 5.82 Å². The lowest BCUT2D eigenvalue weighted by atomic mass is 10.2. The van der Waals surface area contributed by atoms with Crippen LogP contribution in [-0.2, 0) is 14.8 Å². The molecule has 2 N–H and O–H groups in total. The first-order chi connectivity index (χ1) is 8.88. The van der Waals surface area contributed by atoms with E-state index >= 15 is 0 Å². The molecule has 1 saturated carbocycles. The minimum absolute atomic E-state index is 0.0164. The van der Waals surface area contributed by atoms with Crippen molar-refractivity contribution in [2.45, 2.75) is 36.7 Å². The molecule has 1 aliphatic carbocycles. The van der Waals surface area contributed by atoms with Gasteiger partial charge in [0.1, 0.15) is 16.8 Å². The number of carbonyl (C=O) groups is 1. The third-order valence-electron chi connectivity index (χ3n) is 3.05. The molecule has 0 aromatic heterocycles. The Labute approximate surface area is 110 Å². The zero-order valence-electron chi connectivity index (χ0n) is 10.1. The van der Waals surface area contributed by atoms with Gasteiger partial charge in [-0.1, -0.05) is 0 Å². The van der Waals surface area contributed by atoms with Gasteiger partial charge in [0.05, 0.1) is 5.56 Å². The average molecular weight is 287 g/mol.